The highest BCUT2D eigenvalue weighted by atomic mass is 32.2. The molecule has 1 aromatic heterocycles. The van der Waals surface area contributed by atoms with Gasteiger partial charge in [0.1, 0.15) is 60.4 Å². The summed E-state index contributed by atoms with van der Waals surface area (Å²) in [5.41, 5.74) is 6.92. The van der Waals surface area contributed by atoms with Crippen molar-refractivity contribution in [1.29, 1.82) is 0 Å². The first kappa shape index (κ1) is 76.5. The van der Waals surface area contributed by atoms with Crippen molar-refractivity contribution in [3.05, 3.63) is 54.1 Å². The number of carboxylic acid groups (broad SMARTS) is 2. The number of imidazole rings is 1. The Bertz CT molecular complexity index is 2840. The molecule has 92 heavy (non-hydrogen) atoms. The number of nitrogens with one attached hydrogen (secondary N) is 11. The fraction of sp³-hybridized carbons (Fsp3) is 0.651. The number of aliphatic imine (C=N–C) groups is 1. The smallest absolute Gasteiger partial charge is 0.305 e. The summed E-state index contributed by atoms with van der Waals surface area (Å²) < 4.78 is 0. The van der Waals surface area contributed by atoms with Gasteiger partial charge in [-0.25, -0.2) is 4.98 Å². The molecule has 4 rings (SSSR count). The summed E-state index contributed by atoms with van der Waals surface area (Å²) >= 11 is 1.49. The first-order valence-electron chi connectivity index (χ1n) is 32.1. The number of amides is 10. The van der Waals surface area contributed by atoms with Gasteiger partial charge in [-0.3, -0.25) is 62.5 Å². The first-order chi connectivity index (χ1) is 43.7. The number of nitrogens with two attached hydrogens (primary N) is 1. The Morgan fingerprint density at radius 1 is 0.685 bits per heavy atom. The molecular formula is C63H98N14O14S. The van der Waals surface area contributed by atoms with Crippen molar-refractivity contribution in [2.45, 2.75) is 213 Å². The van der Waals surface area contributed by atoms with E-state index in [1.807, 2.05) is 13.8 Å². The van der Waals surface area contributed by atoms with Crippen molar-refractivity contribution in [2.24, 2.45) is 40.3 Å². The molecule has 0 radical (unpaired) electrons. The Morgan fingerprint density at radius 3 is 1.92 bits per heavy atom. The summed E-state index contributed by atoms with van der Waals surface area (Å²) in [6.45, 7) is 16.7. The number of hydrogen-bond donors (Lipinski definition) is 14. The molecule has 29 heteroatoms. The molecule has 28 nitrogen and oxygen atoms in total. The van der Waals surface area contributed by atoms with Crippen LogP contribution >= 0.6 is 11.8 Å². The van der Waals surface area contributed by atoms with Crippen LogP contribution in [0.15, 0.2) is 47.8 Å². The average Bonchev–Trinajstić information content (AvgIpc) is 1.41. The Kier molecular flexibility index (Phi) is 32.3. The average molecular weight is 1310 g/mol. The van der Waals surface area contributed by atoms with Crippen molar-refractivity contribution in [2.75, 3.05) is 18.8 Å². The summed E-state index contributed by atoms with van der Waals surface area (Å²) in [6.07, 6.45) is 2.42. The number of carbonyl (C=O) groups is 12. The van der Waals surface area contributed by atoms with Gasteiger partial charge >= 0.3 is 11.9 Å². The van der Waals surface area contributed by atoms with Crippen LogP contribution in [0.1, 0.15) is 151 Å². The lowest BCUT2D eigenvalue weighted by Gasteiger charge is -2.31. The van der Waals surface area contributed by atoms with Crippen LogP contribution in [0, 0.1) is 29.6 Å². The van der Waals surface area contributed by atoms with Gasteiger partial charge in [-0.05, 0) is 80.7 Å². The molecule has 1 saturated heterocycles. The molecule has 3 heterocycles. The molecule has 1 aromatic carbocycles. The molecule has 0 aliphatic carbocycles. The second-order valence-corrected chi connectivity index (χ2v) is 25.5. The molecule has 2 aromatic rings. The van der Waals surface area contributed by atoms with Gasteiger partial charge in [0, 0.05) is 49.4 Å². The van der Waals surface area contributed by atoms with Crippen molar-refractivity contribution in [3.8, 4) is 0 Å². The Labute approximate surface area is 542 Å². The number of rotatable bonds is 29. The van der Waals surface area contributed by atoms with Crippen LogP contribution < -0.4 is 58.9 Å². The first-order valence-corrected chi connectivity index (χ1v) is 33.0. The van der Waals surface area contributed by atoms with E-state index in [9.17, 15) is 67.7 Å². The van der Waals surface area contributed by atoms with E-state index in [1.165, 1.54) is 24.3 Å². The molecule has 1 fully saturated rings. The number of carbonyl (C=O) groups excluding carboxylic acids is 10. The van der Waals surface area contributed by atoms with E-state index in [0.717, 1.165) is 11.5 Å². The van der Waals surface area contributed by atoms with Crippen molar-refractivity contribution >= 4 is 87.8 Å². The van der Waals surface area contributed by atoms with Crippen molar-refractivity contribution in [3.63, 3.8) is 0 Å². The number of aromatic amines is 1. The minimum absolute atomic E-state index is 0.0468. The van der Waals surface area contributed by atoms with Crippen LogP contribution in [0.25, 0.3) is 0 Å². The lowest BCUT2D eigenvalue weighted by molar-refractivity contribution is -0.141. The fourth-order valence-electron chi connectivity index (χ4n) is 10.3. The van der Waals surface area contributed by atoms with Gasteiger partial charge in [-0.1, -0.05) is 112 Å². The van der Waals surface area contributed by atoms with Gasteiger partial charge in [0.05, 0.1) is 17.8 Å². The Balaban J connectivity index is 1.71. The second-order valence-electron chi connectivity index (χ2n) is 24.5. The summed E-state index contributed by atoms with van der Waals surface area (Å²) in [5, 5.41) is 47.4. The highest BCUT2D eigenvalue weighted by Gasteiger charge is 2.39. The molecule has 15 N–H and O–H groups in total. The molecule has 2 aliphatic heterocycles. The highest BCUT2D eigenvalue weighted by Crippen LogP contribution is 2.29. The predicted octanol–water partition coefficient (Wildman–Crippen LogP) is 1.27. The second kappa shape index (κ2) is 38.8. The molecule has 0 saturated carbocycles. The molecule has 2 aliphatic rings. The molecule has 0 spiro atoms. The van der Waals surface area contributed by atoms with Crippen LogP contribution in [0.4, 0.5) is 0 Å². The van der Waals surface area contributed by atoms with Crippen molar-refractivity contribution in [1.82, 2.24) is 63.1 Å². The van der Waals surface area contributed by atoms with Gasteiger partial charge in [0.2, 0.25) is 59.1 Å². The van der Waals surface area contributed by atoms with Crippen LogP contribution in [-0.2, 0) is 70.4 Å². The van der Waals surface area contributed by atoms with E-state index in [1.54, 1.807) is 58.0 Å². The Morgan fingerprint density at radius 2 is 1.32 bits per heavy atom. The van der Waals surface area contributed by atoms with E-state index in [0.29, 0.717) is 29.3 Å². The highest BCUT2D eigenvalue weighted by molar-refractivity contribution is 8.14. The minimum Gasteiger partial charge on any atom is -0.481 e. The SMILES string of the molecule is CCC(C)C(C)C1=NC(C(=O)NC(CC(C)C)C(=O)N[C@H](CCC(=O)O)C(=O)NC(C(=O)NC2CCCCNC(=O)[C@@H](CC(=O)O)NC(=O)C(Cc3cnc[nH]3)NC(=O)[C@@H](Cc3ccccc3)NC(=O)C(C(C)CC)NC(=O)[C@@H](CCCN)NC2=O)C(C)CC)CS1. The molecule has 10 amide bonds. The Hall–Kier alpha value is -7.95. The van der Waals surface area contributed by atoms with Gasteiger partial charge in [0.25, 0.3) is 0 Å². The maximum Gasteiger partial charge on any atom is 0.305 e. The molecule has 0 bridgehead atoms. The summed E-state index contributed by atoms with van der Waals surface area (Å²) in [4.78, 5) is 179. The summed E-state index contributed by atoms with van der Waals surface area (Å²) in [7, 11) is 0. The molecule has 510 valence electrons. The number of benzene rings is 1. The van der Waals surface area contributed by atoms with Crippen LogP contribution in [0.3, 0.4) is 0 Å². The normalized spacial score (nSPS) is 23.0. The lowest BCUT2D eigenvalue weighted by Crippen LogP contribution is -2.62. The summed E-state index contributed by atoms with van der Waals surface area (Å²) in [6, 6.07) is -4.94. The van der Waals surface area contributed by atoms with Crippen molar-refractivity contribution < 1.29 is 67.7 Å². The number of hydrogen-bond acceptors (Lipinski definition) is 16. The third-order valence-electron chi connectivity index (χ3n) is 16.8. The number of aliphatic carboxylic acids is 2. The number of thioether (sulfide) groups is 1. The largest absolute Gasteiger partial charge is 0.481 e. The monoisotopic (exact) mass is 1310 g/mol. The zero-order chi connectivity index (χ0) is 68.2. The molecule has 10 unspecified atom stereocenters. The topological polar surface area (TPSA) is 433 Å². The van der Waals surface area contributed by atoms with Crippen LogP contribution in [0.5, 0.6) is 0 Å². The minimum atomic E-state index is -1.66. The number of nitrogens with zero attached hydrogens (tertiary/aromatic N) is 2. The maximum absolute atomic E-state index is 14.8. The van der Waals surface area contributed by atoms with E-state index >= 15 is 0 Å². The molecule has 14 atom stereocenters. The number of carboxylic acids is 2. The maximum atomic E-state index is 14.8. The number of aromatic nitrogens is 2. The zero-order valence-electron chi connectivity index (χ0n) is 54.4. The zero-order valence-corrected chi connectivity index (χ0v) is 55.2. The van der Waals surface area contributed by atoms with E-state index in [4.69, 9.17) is 5.73 Å². The fourth-order valence-corrected chi connectivity index (χ4v) is 11.6. The lowest BCUT2D eigenvalue weighted by atomic mass is 9.94. The van der Waals surface area contributed by atoms with E-state index < -0.39 is 163 Å². The summed E-state index contributed by atoms with van der Waals surface area (Å²) in [5.74, 6) is -11.5. The van der Waals surface area contributed by atoms with Gasteiger partial charge < -0.3 is 74.1 Å². The standard InChI is InChI=1S/C63H98N14O14S/c1-10-35(6)38(9)63-75-48(32-92-63)60(89)71-44(27-34(4)5)57(86)69-43(23-24-49(78)79)56(85)77-51(36(7)11-2)61(90)70-41-21-16-17-26-66-53(82)47(30-50(80)81)73-59(88)46(29-40-31-65-33-67-40)72-58(87)45(28-39-19-14-13-15-20-39)74-62(91)52(37(8)12-3)76-55(84)42(22-18-25-64)68-54(41)83/h13-15,19-20,31,33-38,41-48,51-52H,10-12,16-18,21-30,32,64H2,1-9H3,(H,65,67)(H,66,82)(H,68,83)(H,69,86)(H,70,90)(H,71,89)(H,72,87)(H,73,88)(H,74,91)(H,76,84)(H,77,85)(H,78,79)(H,80,81)/t35?,36?,37?,38?,41?,42-,43-,44?,45-,46?,47-,48?,51?,52?/m1/s1. The predicted molar refractivity (Wildman–Crippen MR) is 345 cm³/mol. The van der Waals surface area contributed by atoms with Crippen LogP contribution in [-0.4, -0.2) is 175 Å². The van der Waals surface area contributed by atoms with E-state index in [2.05, 4.69) is 88.9 Å². The third-order valence-corrected chi connectivity index (χ3v) is 18.0. The van der Waals surface area contributed by atoms with Gasteiger partial charge in [-0.15, -0.1) is 11.8 Å². The van der Waals surface area contributed by atoms with E-state index in [-0.39, 0.29) is 82.7 Å². The van der Waals surface area contributed by atoms with Gasteiger partial charge in [0.15, 0.2) is 0 Å². The van der Waals surface area contributed by atoms with Crippen LogP contribution in [0.2, 0.25) is 0 Å². The molecular weight excluding hydrogens is 1210 g/mol. The van der Waals surface area contributed by atoms with Gasteiger partial charge in [-0.2, -0.15) is 0 Å². The quantitative estimate of drug-likeness (QED) is 0.0545. The number of H-pyrrole nitrogens is 1. The third kappa shape index (κ3) is 24.9.